The smallest absolute Gasteiger partial charge is 0.214 e. The van der Waals surface area contributed by atoms with Crippen molar-refractivity contribution in [2.45, 2.75) is 72.1 Å². The van der Waals surface area contributed by atoms with Gasteiger partial charge in [0, 0.05) is 43.9 Å². The summed E-state index contributed by atoms with van der Waals surface area (Å²) in [5.74, 6) is 2.01. The van der Waals surface area contributed by atoms with E-state index in [2.05, 4.69) is 43.0 Å². The summed E-state index contributed by atoms with van der Waals surface area (Å²) < 4.78 is 27.4. The minimum Gasteiger partial charge on any atom is -0.354 e. The van der Waals surface area contributed by atoms with E-state index in [0.29, 0.717) is 26.2 Å². The highest BCUT2D eigenvalue weighted by atomic mass is 32.2. The Morgan fingerprint density at radius 3 is 2.21 bits per heavy atom. The minimum absolute atomic E-state index is 0.269. The van der Waals surface area contributed by atoms with Crippen LogP contribution in [-0.2, 0) is 22.9 Å². The summed E-state index contributed by atoms with van der Waals surface area (Å²) in [6.45, 7) is 8.64. The molecular weight excluding hydrogens is 432 g/mol. The van der Waals surface area contributed by atoms with Crippen molar-refractivity contribution in [2.24, 2.45) is 0 Å². The topological polar surface area (TPSA) is 66.4 Å². The summed E-state index contributed by atoms with van der Waals surface area (Å²) >= 11 is 0. The van der Waals surface area contributed by atoms with Crippen LogP contribution in [0.25, 0.3) is 0 Å². The number of benzene rings is 1. The Kier molecular flexibility index (Phi) is 9.68. The Labute approximate surface area is 200 Å². The molecule has 1 fully saturated rings. The molecule has 0 atom stereocenters. The van der Waals surface area contributed by atoms with E-state index in [4.69, 9.17) is 9.97 Å². The second kappa shape index (κ2) is 12.5. The molecular formula is C26H40N4O2S. The Balaban J connectivity index is 1.65. The minimum atomic E-state index is -3.19. The number of anilines is 1. The lowest BCUT2D eigenvalue weighted by Crippen LogP contribution is -2.50. The number of rotatable bonds is 12. The summed E-state index contributed by atoms with van der Waals surface area (Å²) in [4.78, 5) is 11.8. The summed E-state index contributed by atoms with van der Waals surface area (Å²) in [5.41, 5.74) is 3.48. The van der Waals surface area contributed by atoms with E-state index >= 15 is 0 Å². The Hall–Kier alpha value is -1.99. The van der Waals surface area contributed by atoms with Gasteiger partial charge in [0.2, 0.25) is 10.0 Å². The van der Waals surface area contributed by atoms with E-state index < -0.39 is 10.0 Å². The van der Waals surface area contributed by atoms with E-state index in [1.807, 2.05) is 13.0 Å². The first kappa shape index (κ1) is 25.6. The van der Waals surface area contributed by atoms with Gasteiger partial charge in [0.1, 0.15) is 11.6 Å². The molecule has 0 radical (unpaired) electrons. The number of nitrogens with zero attached hydrogens (tertiary/aromatic N) is 4. The monoisotopic (exact) mass is 472 g/mol. The highest BCUT2D eigenvalue weighted by molar-refractivity contribution is 7.89. The van der Waals surface area contributed by atoms with E-state index in [1.165, 1.54) is 24.8 Å². The maximum Gasteiger partial charge on any atom is 0.214 e. The molecule has 1 saturated heterocycles. The van der Waals surface area contributed by atoms with Crippen molar-refractivity contribution in [1.29, 1.82) is 0 Å². The van der Waals surface area contributed by atoms with Crippen molar-refractivity contribution in [1.82, 2.24) is 14.3 Å². The Morgan fingerprint density at radius 1 is 0.879 bits per heavy atom. The Morgan fingerprint density at radius 2 is 1.55 bits per heavy atom. The number of aromatic nitrogens is 2. The molecule has 1 aliphatic rings. The van der Waals surface area contributed by atoms with Gasteiger partial charge in [-0.15, -0.1) is 0 Å². The van der Waals surface area contributed by atoms with Gasteiger partial charge < -0.3 is 4.90 Å². The van der Waals surface area contributed by atoms with E-state index in [9.17, 15) is 8.42 Å². The molecule has 0 unspecified atom stereocenters. The molecule has 6 nitrogen and oxygen atoms in total. The quantitative estimate of drug-likeness (QED) is 0.417. The van der Waals surface area contributed by atoms with E-state index in [-0.39, 0.29) is 5.75 Å². The van der Waals surface area contributed by atoms with Crippen LogP contribution in [0.15, 0.2) is 30.3 Å². The third-order valence-electron chi connectivity index (χ3n) is 6.43. The molecule has 0 spiro atoms. The molecule has 3 rings (SSSR count). The van der Waals surface area contributed by atoms with Crippen molar-refractivity contribution in [2.75, 3.05) is 36.8 Å². The molecule has 0 N–H and O–H groups in total. The molecule has 0 amide bonds. The lowest BCUT2D eigenvalue weighted by atomic mass is 10.0. The van der Waals surface area contributed by atoms with Crippen molar-refractivity contribution >= 4 is 15.8 Å². The third-order valence-corrected chi connectivity index (χ3v) is 8.39. The van der Waals surface area contributed by atoms with Crippen molar-refractivity contribution < 1.29 is 8.42 Å². The third kappa shape index (κ3) is 7.24. The number of unbranched alkanes of at least 4 members (excludes halogenated alkanes) is 5. The second-order valence-corrected chi connectivity index (χ2v) is 11.1. The van der Waals surface area contributed by atoms with Gasteiger partial charge in [0.05, 0.1) is 5.75 Å². The largest absolute Gasteiger partial charge is 0.354 e. The summed E-state index contributed by atoms with van der Waals surface area (Å²) in [6, 6.07) is 10.4. The van der Waals surface area contributed by atoms with Gasteiger partial charge in [0.25, 0.3) is 0 Å². The SMILES string of the molecule is CCCCCCCCS(=O)(=O)N1CCN(c2nc(C)nc(CC)c2Cc2ccccc2)CC1. The van der Waals surface area contributed by atoms with Crippen LogP contribution < -0.4 is 4.90 Å². The normalized spacial score (nSPS) is 15.2. The predicted octanol–water partition coefficient (Wildman–Crippen LogP) is 4.75. The number of aryl methyl sites for hydroxylation is 2. The highest BCUT2D eigenvalue weighted by Gasteiger charge is 2.28. The molecule has 33 heavy (non-hydrogen) atoms. The molecule has 1 aromatic heterocycles. The van der Waals surface area contributed by atoms with Crippen molar-refractivity contribution in [3.63, 3.8) is 0 Å². The number of piperazine rings is 1. The molecule has 0 aliphatic carbocycles. The van der Waals surface area contributed by atoms with E-state index in [0.717, 1.165) is 55.0 Å². The van der Waals surface area contributed by atoms with Crippen LogP contribution in [0.5, 0.6) is 0 Å². The maximum absolute atomic E-state index is 12.9. The zero-order valence-electron chi connectivity index (χ0n) is 20.6. The molecule has 7 heteroatoms. The van der Waals surface area contributed by atoms with Gasteiger partial charge in [-0.25, -0.2) is 18.4 Å². The standard InChI is InChI=1S/C26H40N4O2S/c1-4-6-7-8-9-13-20-33(31,32)30-18-16-29(17-19-30)26-24(21-23-14-11-10-12-15-23)25(5-2)27-22(3)28-26/h10-12,14-15H,4-9,13,16-21H2,1-3H3. The highest BCUT2D eigenvalue weighted by Crippen LogP contribution is 2.26. The van der Waals surface area contributed by atoms with Gasteiger partial charge in [-0.05, 0) is 25.3 Å². The van der Waals surface area contributed by atoms with Crippen molar-refractivity contribution in [3.05, 3.63) is 53.0 Å². The van der Waals surface area contributed by atoms with Gasteiger partial charge in [0.15, 0.2) is 0 Å². The first-order valence-corrected chi connectivity index (χ1v) is 14.2. The first-order chi connectivity index (χ1) is 15.9. The first-order valence-electron chi connectivity index (χ1n) is 12.6. The lowest BCUT2D eigenvalue weighted by Gasteiger charge is -2.36. The zero-order valence-corrected chi connectivity index (χ0v) is 21.4. The Bertz CT molecular complexity index is 971. The average molecular weight is 473 g/mol. The van der Waals surface area contributed by atoms with Crippen LogP contribution in [0, 0.1) is 6.92 Å². The fraction of sp³-hybridized carbons (Fsp3) is 0.615. The molecule has 1 aliphatic heterocycles. The fourth-order valence-corrected chi connectivity index (χ4v) is 6.09. The lowest BCUT2D eigenvalue weighted by molar-refractivity contribution is 0.382. The number of hydrogen-bond donors (Lipinski definition) is 0. The van der Waals surface area contributed by atoms with Crippen LogP contribution in [0.3, 0.4) is 0 Å². The summed E-state index contributed by atoms with van der Waals surface area (Å²) in [7, 11) is -3.19. The van der Waals surface area contributed by atoms with Gasteiger partial charge in [-0.1, -0.05) is 76.3 Å². The number of sulfonamides is 1. The molecule has 2 heterocycles. The average Bonchev–Trinajstić information content (AvgIpc) is 2.83. The van der Waals surface area contributed by atoms with Crippen LogP contribution in [-0.4, -0.2) is 54.6 Å². The predicted molar refractivity (Wildman–Crippen MR) is 136 cm³/mol. The fourth-order valence-electron chi connectivity index (χ4n) is 4.54. The van der Waals surface area contributed by atoms with Crippen LogP contribution in [0.2, 0.25) is 0 Å². The number of hydrogen-bond acceptors (Lipinski definition) is 5. The second-order valence-electron chi connectivity index (χ2n) is 9.01. The molecule has 2 aromatic rings. The summed E-state index contributed by atoms with van der Waals surface area (Å²) in [5, 5.41) is 0. The molecule has 0 saturated carbocycles. The zero-order chi connectivity index (χ0) is 23.7. The molecule has 0 bridgehead atoms. The maximum atomic E-state index is 12.9. The summed E-state index contributed by atoms with van der Waals surface area (Å²) in [6.07, 6.45) is 8.19. The van der Waals surface area contributed by atoms with Crippen LogP contribution in [0.4, 0.5) is 5.82 Å². The van der Waals surface area contributed by atoms with Crippen LogP contribution >= 0.6 is 0 Å². The van der Waals surface area contributed by atoms with Crippen LogP contribution in [0.1, 0.15) is 75.0 Å². The van der Waals surface area contributed by atoms with Gasteiger partial charge >= 0.3 is 0 Å². The molecule has 182 valence electrons. The molecule has 1 aromatic carbocycles. The van der Waals surface area contributed by atoms with Gasteiger partial charge in [-0.2, -0.15) is 4.31 Å². The van der Waals surface area contributed by atoms with Crippen molar-refractivity contribution in [3.8, 4) is 0 Å². The van der Waals surface area contributed by atoms with E-state index in [1.54, 1.807) is 4.31 Å². The van der Waals surface area contributed by atoms with Gasteiger partial charge in [-0.3, -0.25) is 0 Å².